The van der Waals surface area contributed by atoms with E-state index in [1.54, 1.807) is 7.11 Å². The summed E-state index contributed by atoms with van der Waals surface area (Å²) in [5.74, 6) is 0.643. The van der Waals surface area contributed by atoms with E-state index >= 15 is 0 Å². The third kappa shape index (κ3) is 3.83. The van der Waals surface area contributed by atoms with Crippen molar-refractivity contribution in [3.63, 3.8) is 0 Å². The van der Waals surface area contributed by atoms with Crippen LogP contribution in [0.2, 0.25) is 0 Å². The molecule has 1 N–H and O–H groups in total. The van der Waals surface area contributed by atoms with Gasteiger partial charge in [-0.25, -0.2) is 5.06 Å². The summed E-state index contributed by atoms with van der Waals surface area (Å²) in [7, 11) is 1.67. The number of nitrogens with zero attached hydrogens (tertiary/aromatic N) is 2. The monoisotopic (exact) mass is 361 g/mol. The average Bonchev–Trinajstić information content (AvgIpc) is 3.17. The molecular formula is C19H27N3O4. The summed E-state index contributed by atoms with van der Waals surface area (Å²) >= 11 is 0. The van der Waals surface area contributed by atoms with Gasteiger partial charge in [0.1, 0.15) is 5.75 Å². The first-order chi connectivity index (χ1) is 12.5. The lowest BCUT2D eigenvalue weighted by atomic mass is 10.00. The average molecular weight is 361 g/mol. The Balaban J connectivity index is 1.75. The summed E-state index contributed by atoms with van der Waals surface area (Å²) in [4.78, 5) is 32.3. The van der Waals surface area contributed by atoms with E-state index in [1.165, 1.54) is 5.06 Å². The molecule has 26 heavy (non-hydrogen) atoms. The van der Waals surface area contributed by atoms with Crippen molar-refractivity contribution in [1.82, 2.24) is 15.3 Å². The second-order valence-electron chi connectivity index (χ2n) is 6.84. The molecule has 142 valence electrons. The highest BCUT2D eigenvalue weighted by molar-refractivity contribution is 5.88. The number of hydrogen-bond acceptors (Lipinski definition) is 5. The molecule has 0 bridgehead atoms. The van der Waals surface area contributed by atoms with Crippen molar-refractivity contribution in [2.75, 3.05) is 33.4 Å². The molecule has 1 atom stereocenters. The van der Waals surface area contributed by atoms with Crippen molar-refractivity contribution in [3.05, 3.63) is 28.8 Å². The molecule has 3 rings (SSSR count). The molecule has 7 nitrogen and oxygen atoms in total. The molecule has 2 fully saturated rings. The number of rotatable bonds is 5. The Kier molecular flexibility index (Phi) is 5.78. The molecule has 0 spiro atoms. The number of hydrogen-bond donors (Lipinski definition) is 1. The molecule has 2 amide bonds. The van der Waals surface area contributed by atoms with E-state index in [0.717, 1.165) is 35.4 Å². The summed E-state index contributed by atoms with van der Waals surface area (Å²) in [5, 5.41) is 4.27. The van der Waals surface area contributed by atoms with Gasteiger partial charge in [0, 0.05) is 19.6 Å². The van der Waals surface area contributed by atoms with E-state index in [4.69, 9.17) is 9.57 Å². The van der Waals surface area contributed by atoms with Gasteiger partial charge in [-0.2, -0.15) is 0 Å². The number of benzene rings is 1. The quantitative estimate of drug-likeness (QED) is 0.852. The van der Waals surface area contributed by atoms with Crippen LogP contribution in [0.5, 0.6) is 5.75 Å². The Hall–Kier alpha value is -2.12. The SMILES string of the molecule is COc1ccc(CN2CCNC(=O)C2CC(=O)N2CCCO2)c(C)c1C. The Morgan fingerprint density at radius 1 is 1.31 bits per heavy atom. The Bertz CT molecular complexity index is 686. The highest BCUT2D eigenvalue weighted by atomic mass is 16.7. The van der Waals surface area contributed by atoms with Crippen molar-refractivity contribution in [3.8, 4) is 5.75 Å². The van der Waals surface area contributed by atoms with E-state index in [9.17, 15) is 9.59 Å². The molecule has 2 heterocycles. The normalized spacial score (nSPS) is 21.0. The van der Waals surface area contributed by atoms with Crippen LogP contribution in [0.1, 0.15) is 29.5 Å². The van der Waals surface area contributed by atoms with E-state index in [2.05, 4.69) is 17.1 Å². The van der Waals surface area contributed by atoms with Gasteiger partial charge in [-0.05, 0) is 43.0 Å². The van der Waals surface area contributed by atoms with Crippen LogP contribution in [-0.2, 0) is 21.0 Å². The first-order valence-electron chi connectivity index (χ1n) is 9.09. The van der Waals surface area contributed by atoms with E-state index in [0.29, 0.717) is 26.2 Å². The maximum Gasteiger partial charge on any atom is 0.248 e. The maximum atomic E-state index is 12.4. The molecule has 0 aromatic heterocycles. The summed E-state index contributed by atoms with van der Waals surface area (Å²) in [6.45, 7) is 7.21. The van der Waals surface area contributed by atoms with E-state index in [-0.39, 0.29) is 18.2 Å². The number of methoxy groups -OCH3 is 1. The number of hydroxylamine groups is 2. The lowest BCUT2D eigenvalue weighted by Gasteiger charge is -2.35. The standard InChI is InChI=1S/C19H27N3O4/c1-13-14(2)17(25-3)6-5-15(13)12-21-9-7-20-19(24)16(21)11-18(23)22-8-4-10-26-22/h5-6,16H,4,7-12H2,1-3H3,(H,20,24). The molecule has 2 saturated heterocycles. The largest absolute Gasteiger partial charge is 0.496 e. The summed E-state index contributed by atoms with van der Waals surface area (Å²) in [6, 6.07) is 3.53. The number of ether oxygens (including phenoxy) is 1. The minimum atomic E-state index is -0.470. The van der Waals surface area contributed by atoms with Crippen molar-refractivity contribution < 1.29 is 19.2 Å². The molecule has 2 aliphatic rings. The molecule has 0 radical (unpaired) electrons. The van der Waals surface area contributed by atoms with Gasteiger partial charge in [-0.1, -0.05) is 6.07 Å². The molecule has 1 unspecified atom stereocenters. The van der Waals surface area contributed by atoms with Crippen LogP contribution in [-0.4, -0.2) is 61.2 Å². The zero-order chi connectivity index (χ0) is 18.7. The predicted octanol–water partition coefficient (Wildman–Crippen LogP) is 1.17. The van der Waals surface area contributed by atoms with Gasteiger partial charge in [0.2, 0.25) is 11.8 Å². The summed E-state index contributed by atoms with van der Waals surface area (Å²) in [5.41, 5.74) is 3.40. The Morgan fingerprint density at radius 3 is 2.81 bits per heavy atom. The van der Waals surface area contributed by atoms with Crippen molar-refractivity contribution in [2.24, 2.45) is 0 Å². The predicted molar refractivity (Wildman–Crippen MR) is 96.6 cm³/mol. The van der Waals surface area contributed by atoms with Crippen LogP contribution in [0.3, 0.4) is 0 Å². The van der Waals surface area contributed by atoms with Crippen molar-refractivity contribution in [2.45, 2.75) is 39.3 Å². The first kappa shape index (κ1) is 18.7. The fraction of sp³-hybridized carbons (Fsp3) is 0.579. The fourth-order valence-corrected chi connectivity index (χ4v) is 3.55. The van der Waals surface area contributed by atoms with E-state index < -0.39 is 6.04 Å². The Labute approximate surface area is 154 Å². The number of piperazine rings is 1. The van der Waals surface area contributed by atoms with Crippen LogP contribution < -0.4 is 10.1 Å². The minimum Gasteiger partial charge on any atom is -0.496 e. The van der Waals surface area contributed by atoms with Crippen LogP contribution in [0.25, 0.3) is 0 Å². The smallest absolute Gasteiger partial charge is 0.248 e. The lowest BCUT2D eigenvalue weighted by Crippen LogP contribution is -2.56. The molecular weight excluding hydrogens is 334 g/mol. The van der Waals surface area contributed by atoms with Crippen LogP contribution in [0, 0.1) is 13.8 Å². The van der Waals surface area contributed by atoms with Crippen molar-refractivity contribution in [1.29, 1.82) is 0 Å². The highest BCUT2D eigenvalue weighted by Gasteiger charge is 2.34. The third-order valence-electron chi connectivity index (χ3n) is 5.28. The van der Waals surface area contributed by atoms with Gasteiger partial charge in [0.25, 0.3) is 0 Å². The number of amides is 2. The van der Waals surface area contributed by atoms with Crippen LogP contribution in [0.4, 0.5) is 0 Å². The Morgan fingerprint density at radius 2 is 2.12 bits per heavy atom. The molecule has 1 aromatic rings. The minimum absolute atomic E-state index is 0.0910. The molecule has 1 aromatic carbocycles. The topological polar surface area (TPSA) is 71.1 Å². The van der Waals surface area contributed by atoms with Gasteiger partial charge in [-0.15, -0.1) is 0 Å². The van der Waals surface area contributed by atoms with Crippen LogP contribution in [0.15, 0.2) is 12.1 Å². The van der Waals surface area contributed by atoms with E-state index in [1.807, 2.05) is 19.1 Å². The number of carbonyl (C=O) groups is 2. The lowest BCUT2D eigenvalue weighted by molar-refractivity contribution is -0.171. The molecule has 0 saturated carbocycles. The zero-order valence-corrected chi connectivity index (χ0v) is 15.7. The van der Waals surface area contributed by atoms with Gasteiger partial charge < -0.3 is 10.1 Å². The summed E-state index contributed by atoms with van der Waals surface area (Å²) in [6.07, 6.45) is 0.983. The highest BCUT2D eigenvalue weighted by Crippen LogP contribution is 2.26. The molecule has 2 aliphatic heterocycles. The number of carbonyl (C=O) groups excluding carboxylic acids is 2. The van der Waals surface area contributed by atoms with Gasteiger partial charge in [0.15, 0.2) is 0 Å². The third-order valence-corrected chi connectivity index (χ3v) is 5.28. The van der Waals surface area contributed by atoms with Crippen LogP contribution >= 0.6 is 0 Å². The maximum absolute atomic E-state index is 12.4. The van der Waals surface area contributed by atoms with Gasteiger partial charge >= 0.3 is 0 Å². The second-order valence-corrected chi connectivity index (χ2v) is 6.84. The first-order valence-corrected chi connectivity index (χ1v) is 9.09. The molecule has 7 heteroatoms. The van der Waals surface area contributed by atoms with Crippen molar-refractivity contribution >= 4 is 11.8 Å². The number of nitrogens with one attached hydrogen (secondary N) is 1. The van der Waals surface area contributed by atoms with Gasteiger partial charge in [0.05, 0.1) is 32.7 Å². The summed E-state index contributed by atoms with van der Waals surface area (Å²) < 4.78 is 5.38. The molecule has 0 aliphatic carbocycles. The van der Waals surface area contributed by atoms with Gasteiger partial charge in [-0.3, -0.25) is 19.3 Å². The fourth-order valence-electron chi connectivity index (χ4n) is 3.55. The second kappa shape index (κ2) is 8.05. The zero-order valence-electron chi connectivity index (χ0n) is 15.7.